The first-order valence-corrected chi connectivity index (χ1v) is 5.63. The van der Waals surface area contributed by atoms with Crippen LogP contribution in [0, 0.1) is 12.7 Å². The van der Waals surface area contributed by atoms with Gasteiger partial charge in [0.2, 0.25) is 0 Å². The molecule has 0 aliphatic carbocycles. The van der Waals surface area contributed by atoms with Gasteiger partial charge in [0, 0.05) is 6.21 Å². The van der Waals surface area contributed by atoms with Crippen LogP contribution in [0.3, 0.4) is 0 Å². The van der Waals surface area contributed by atoms with Gasteiger partial charge in [-0.3, -0.25) is 4.99 Å². The number of halogens is 1. The first-order valence-electron chi connectivity index (χ1n) is 5.63. The lowest BCUT2D eigenvalue weighted by molar-refractivity contribution is 0.415. The number of methoxy groups -OCH3 is 1. The van der Waals surface area contributed by atoms with Crippen molar-refractivity contribution >= 4 is 11.9 Å². The van der Waals surface area contributed by atoms with Gasteiger partial charge in [-0.15, -0.1) is 0 Å². The molecule has 0 aromatic heterocycles. The molecule has 0 saturated heterocycles. The number of rotatable bonds is 3. The van der Waals surface area contributed by atoms with Gasteiger partial charge in [-0.05, 0) is 54.4 Å². The van der Waals surface area contributed by atoms with Crippen molar-refractivity contribution in [2.24, 2.45) is 4.99 Å². The molecule has 0 aliphatic heterocycles. The summed E-state index contributed by atoms with van der Waals surface area (Å²) < 4.78 is 18.4. The van der Waals surface area contributed by atoms with Crippen molar-refractivity contribution in [2.75, 3.05) is 7.11 Å². The third kappa shape index (κ3) is 2.94. The van der Waals surface area contributed by atoms with E-state index in [9.17, 15) is 4.39 Å². The maximum Gasteiger partial charge on any atom is 0.128 e. The number of hydrogen-bond donors (Lipinski definition) is 0. The van der Waals surface area contributed by atoms with Crippen LogP contribution in [0.4, 0.5) is 10.1 Å². The van der Waals surface area contributed by atoms with E-state index in [0.29, 0.717) is 11.3 Å². The standard InChI is InChI=1S/C15H14FNO/c1-11-3-6-13(9-15(11)16)17-10-12-4-7-14(18-2)8-5-12/h3-10H,1-2H3. The molecule has 2 aromatic carbocycles. The van der Waals surface area contributed by atoms with Crippen LogP contribution in [0.2, 0.25) is 0 Å². The monoisotopic (exact) mass is 243 g/mol. The van der Waals surface area contributed by atoms with Gasteiger partial charge in [0.05, 0.1) is 12.8 Å². The maximum atomic E-state index is 13.3. The summed E-state index contributed by atoms with van der Waals surface area (Å²) in [5.74, 6) is 0.563. The zero-order valence-corrected chi connectivity index (χ0v) is 10.4. The Morgan fingerprint density at radius 3 is 2.44 bits per heavy atom. The number of nitrogens with zero attached hydrogens (tertiary/aromatic N) is 1. The van der Waals surface area contributed by atoms with Crippen LogP contribution in [-0.4, -0.2) is 13.3 Å². The summed E-state index contributed by atoms with van der Waals surface area (Å²) >= 11 is 0. The highest BCUT2D eigenvalue weighted by atomic mass is 19.1. The van der Waals surface area contributed by atoms with E-state index in [0.717, 1.165) is 11.3 Å². The van der Waals surface area contributed by atoms with Gasteiger partial charge in [0.25, 0.3) is 0 Å². The average Bonchev–Trinajstić information content (AvgIpc) is 2.41. The Morgan fingerprint density at radius 1 is 1.11 bits per heavy atom. The summed E-state index contributed by atoms with van der Waals surface area (Å²) in [4.78, 5) is 4.23. The molecule has 18 heavy (non-hydrogen) atoms. The Morgan fingerprint density at radius 2 is 1.83 bits per heavy atom. The molecule has 0 bridgehead atoms. The zero-order chi connectivity index (χ0) is 13.0. The Bertz CT molecular complexity index is 561. The topological polar surface area (TPSA) is 21.6 Å². The van der Waals surface area contributed by atoms with Gasteiger partial charge < -0.3 is 4.74 Å². The predicted octanol–water partition coefficient (Wildman–Crippen LogP) is 3.89. The Balaban J connectivity index is 2.16. The van der Waals surface area contributed by atoms with Crippen molar-refractivity contribution in [1.29, 1.82) is 0 Å². The van der Waals surface area contributed by atoms with Gasteiger partial charge in [-0.1, -0.05) is 6.07 Å². The molecule has 0 aliphatic rings. The first kappa shape index (κ1) is 12.3. The van der Waals surface area contributed by atoms with Gasteiger partial charge in [-0.2, -0.15) is 0 Å². The second-order valence-electron chi connectivity index (χ2n) is 3.96. The smallest absolute Gasteiger partial charge is 0.128 e. The molecule has 0 saturated carbocycles. The highest BCUT2D eigenvalue weighted by molar-refractivity contribution is 5.82. The van der Waals surface area contributed by atoms with Gasteiger partial charge in [-0.25, -0.2) is 4.39 Å². The molecule has 3 heteroatoms. The van der Waals surface area contributed by atoms with E-state index in [4.69, 9.17) is 4.74 Å². The van der Waals surface area contributed by atoms with Crippen LogP contribution in [0.15, 0.2) is 47.5 Å². The Labute approximate surface area is 106 Å². The van der Waals surface area contributed by atoms with Crippen molar-refractivity contribution in [3.63, 3.8) is 0 Å². The molecule has 0 radical (unpaired) electrons. The predicted molar refractivity (Wildman–Crippen MR) is 71.4 cm³/mol. The van der Waals surface area contributed by atoms with Crippen LogP contribution >= 0.6 is 0 Å². The number of benzene rings is 2. The maximum absolute atomic E-state index is 13.3. The largest absolute Gasteiger partial charge is 0.497 e. The quantitative estimate of drug-likeness (QED) is 0.749. The summed E-state index contributed by atoms with van der Waals surface area (Å²) in [6, 6.07) is 12.4. The summed E-state index contributed by atoms with van der Waals surface area (Å²) in [6.45, 7) is 1.73. The summed E-state index contributed by atoms with van der Waals surface area (Å²) in [5, 5.41) is 0. The second-order valence-corrected chi connectivity index (χ2v) is 3.96. The van der Waals surface area contributed by atoms with E-state index in [1.165, 1.54) is 6.07 Å². The summed E-state index contributed by atoms with van der Waals surface area (Å²) in [7, 11) is 1.62. The molecule has 2 rings (SSSR count). The van der Waals surface area contributed by atoms with Crippen molar-refractivity contribution in [3.05, 3.63) is 59.4 Å². The number of ether oxygens (including phenoxy) is 1. The van der Waals surface area contributed by atoms with Crippen LogP contribution in [-0.2, 0) is 0 Å². The second kappa shape index (κ2) is 5.45. The van der Waals surface area contributed by atoms with E-state index in [1.807, 2.05) is 24.3 Å². The normalized spacial score (nSPS) is 10.8. The number of hydrogen-bond acceptors (Lipinski definition) is 2. The van der Waals surface area contributed by atoms with Crippen LogP contribution in [0.1, 0.15) is 11.1 Å². The molecule has 0 heterocycles. The van der Waals surface area contributed by atoms with Gasteiger partial charge in [0.15, 0.2) is 0 Å². The molecular formula is C15H14FNO. The molecule has 0 spiro atoms. The number of aliphatic imine (C=N–C) groups is 1. The molecule has 0 amide bonds. The summed E-state index contributed by atoms with van der Waals surface area (Å²) in [6.07, 6.45) is 1.70. The van der Waals surface area contributed by atoms with E-state index < -0.39 is 0 Å². The van der Waals surface area contributed by atoms with Gasteiger partial charge >= 0.3 is 0 Å². The highest BCUT2D eigenvalue weighted by Gasteiger charge is 1.97. The molecular weight excluding hydrogens is 229 g/mol. The lowest BCUT2D eigenvalue weighted by Crippen LogP contribution is -1.84. The fourth-order valence-corrected chi connectivity index (χ4v) is 1.50. The Kier molecular flexibility index (Phi) is 3.72. The van der Waals surface area contributed by atoms with Crippen molar-refractivity contribution in [2.45, 2.75) is 6.92 Å². The molecule has 2 nitrogen and oxygen atoms in total. The number of aryl methyl sites for hydroxylation is 1. The van der Waals surface area contributed by atoms with Crippen LogP contribution < -0.4 is 4.74 Å². The Hall–Kier alpha value is -2.16. The first-order chi connectivity index (χ1) is 8.69. The molecule has 0 unspecified atom stereocenters. The van der Waals surface area contributed by atoms with Crippen molar-refractivity contribution in [1.82, 2.24) is 0 Å². The lowest BCUT2D eigenvalue weighted by atomic mass is 10.2. The molecule has 92 valence electrons. The minimum Gasteiger partial charge on any atom is -0.497 e. The third-order valence-corrected chi connectivity index (χ3v) is 2.63. The minimum atomic E-state index is -0.237. The molecule has 0 atom stereocenters. The van der Waals surface area contributed by atoms with E-state index >= 15 is 0 Å². The average molecular weight is 243 g/mol. The van der Waals surface area contributed by atoms with E-state index in [-0.39, 0.29) is 5.82 Å². The van der Waals surface area contributed by atoms with Crippen molar-refractivity contribution in [3.8, 4) is 5.75 Å². The minimum absolute atomic E-state index is 0.237. The fraction of sp³-hybridized carbons (Fsp3) is 0.133. The van der Waals surface area contributed by atoms with Crippen LogP contribution in [0.25, 0.3) is 0 Å². The lowest BCUT2D eigenvalue weighted by Gasteiger charge is -1.99. The SMILES string of the molecule is COc1ccc(C=Nc2ccc(C)c(F)c2)cc1. The zero-order valence-electron chi connectivity index (χ0n) is 10.4. The van der Waals surface area contributed by atoms with E-state index in [1.54, 1.807) is 32.4 Å². The van der Waals surface area contributed by atoms with Crippen LogP contribution in [0.5, 0.6) is 5.75 Å². The van der Waals surface area contributed by atoms with Gasteiger partial charge in [0.1, 0.15) is 11.6 Å². The molecule has 0 fully saturated rings. The fourth-order valence-electron chi connectivity index (χ4n) is 1.50. The summed E-state index contributed by atoms with van der Waals surface area (Å²) in [5.41, 5.74) is 2.17. The third-order valence-electron chi connectivity index (χ3n) is 2.63. The van der Waals surface area contributed by atoms with Crippen molar-refractivity contribution < 1.29 is 9.13 Å². The van der Waals surface area contributed by atoms with E-state index in [2.05, 4.69) is 4.99 Å². The molecule has 0 N–H and O–H groups in total. The molecule has 2 aromatic rings. The highest BCUT2D eigenvalue weighted by Crippen LogP contribution is 2.17.